The number of rotatable bonds is 50. The number of allylic oxidation sites excluding steroid dienone is 14. The van der Waals surface area contributed by atoms with Crippen LogP contribution >= 0.6 is 0 Å². The highest BCUT2D eigenvalue weighted by Crippen LogP contribution is 2.16. The van der Waals surface area contributed by atoms with Crippen molar-refractivity contribution in [3.63, 3.8) is 0 Å². The molecule has 0 aromatic rings. The van der Waals surface area contributed by atoms with Crippen molar-refractivity contribution in [3.05, 3.63) is 85.1 Å². The first-order valence-corrected chi connectivity index (χ1v) is 28.2. The van der Waals surface area contributed by atoms with Gasteiger partial charge in [0.2, 0.25) is 0 Å². The molecule has 0 aromatic carbocycles. The summed E-state index contributed by atoms with van der Waals surface area (Å²) in [6.07, 6.45) is 71.4. The minimum absolute atomic E-state index is 0.0938. The van der Waals surface area contributed by atoms with Crippen molar-refractivity contribution in [1.29, 1.82) is 0 Å². The van der Waals surface area contributed by atoms with Gasteiger partial charge in [0.1, 0.15) is 13.2 Å². The third kappa shape index (κ3) is 53.4. The standard InChI is InChI=1S/C61H104O6/c1-4-7-10-13-16-19-22-25-27-29-31-33-36-39-42-45-48-51-54-60(63)66-57-58(56-65-59(62)53-50-47-44-41-38-35-24-21-18-15-12-9-6-3)67-61(64)55-52-49-46-43-40-37-34-32-30-28-26-23-20-17-14-11-8-5-2/h9,12,15-16,18-19,21-22,24-25,27,29,31,33,58H,4-8,10-11,13-14,17,20,23,26,28,30,32,34-57H2,1-3H3/b12-9+,18-15+,19-16+,24-21+,25-22+,29-27+,33-31+. The highest BCUT2D eigenvalue weighted by molar-refractivity contribution is 5.71. The van der Waals surface area contributed by atoms with Crippen LogP contribution in [-0.2, 0) is 28.6 Å². The normalized spacial score (nSPS) is 12.7. The molecule has 6 nitrogen and oxygen atoms in total. The number of ether oxygens (including phenoxy) is 3. The minimum Gasteiger partial charge on any atom is -0.462 e. The lowest BCUT2D eigenvalue weighted by atomic mass is 10.0. The van der Waals surface area contributed by atoms with Crippen molar-refractivity contribution >= 4 is 17.9 Å². The fourth-order valence-corrected chi connectivity index (χ4v) is 7.81. The monoisotopic (exact) mass is 933 g/mol. The Morgan fingerprint density at radius 1 is 0.313 bits per heavy atom. The van der Waals surface area contributed by atoms with Crippen LogP contribution in [0.3, 0.4) is 0 Å². The summed E-state index contributed by atoms with van der Waals surface area (Å²) >= 11 is 0. The Hall–Kier alpha value is -3.41. The molecule has 0 heterocycles. The van der Waals surface area contributed by atoms with E-state index in [-0.39, 0.29) is 31.1 Å². The van der Waals surface area contributed by atoms with Crippen LogP contribution in [0, 0.1) is 0 Å². The van der Waals surface area contributed by atoms with Crippen LogP contribution in [0.2, 0.25) is 0 Å². The number of unbranched alkanes of at least 4 members (excludes halogenated alkanes) is 30. The van der Waals surface area contributed by atoms with Gasteiger partial charge in [-0.05, 0) is 64.2 Å². The molecular weight excluding hydrogens is 829 g/mol. The fourth-order valence-electron chi connectivity index (χ4n) is 7.81. The van der Waals surface area contributed by atoms with Gasteiger partial charge in [0.15, 0.2) is 6.10 Å². The molecule has 0 N–H and O–H groups in total. The molecule has 384 valence electrons. The second kappa shape index (κ2) is 55.2. The zero-order chi connectivity index (χ0) is 48.6. The largest absolute Gasteiger partial charge is 0.462 e. The molecule has 0 radical (unpaired) electrons. The number of hydrogen-bond acceptors (Lipinski definition) is 6. The molecule has 1 atom stereocenters. The van der Waals surface area contributed by atoms with Crippen LogP contribution in [0.15, 0.2) is 85.1 Å². The molecule has 0 spiro atoms. The Balaban J connectivity index is 4.43. The Bertz CT molecular complexity index is 1300. The summed E-state index contributed by atoms with van der Waals surface area (Å²) < 4.78 is 16.8. The average Bonchev–Trinajstić information content (AvgIpc) is 3.33. The summed E-state index contributed by atoms with van der Waals surface area (Å²) in [5.41, 5.74) is 0. The third-order valence-electron chi connectivity index (χ3n) is 12.0. The molecule has 0 saturated heterocycles. The van der Waals surface area contributed by atoms with Crippen LogP contribution in [0.4, 0.5) is 0 Å². The molecule has 6 heteroatoms. The Morgan fingerprint density at radius 3 is 0.940 bits per heavy atom. The molecule has 0 bridgehead atoms. The van der Waals surface area contributed by atoms with E-state index in [0.29, 0.717) is 19.3 Å². The number of esters is 3. The van der Waals surface area contributed by atoms with E-state index in [4.69, 9.17) is 14.2 Å². The van der Waals surface area contributed by atoms with Gasteiger partial charge in [0.05, 0.1) is 0 Å². The summed E-state index contributed by atoms with van der Waals surface area (Å²) in [7, 11) is 0. The van der Waals surface area contributed by atoms with Gasteiger partial charge < -0.3 is 14.2 Å². The van der Waals surface area contributed by atoms with E-state index in [2.05, 4.69) is 106 Å². The second-order valence-electron chi connectivity index (χ2n) is 18.6. The summed E-state index contributed by atoms with van der Waals surface area (Å²) in [4.78, 5) is 38.1. The van der Waals surface area contributed by atoms with Gasteiger partial charge >= 0.3 is 17.9 Å². The van der Waals surface area contributed by atoms with Gasteiger partial charge in [-0.3, -0.25) is 14.4 Å². The maximum atomic E-state index is 12.9. The molecule has 0 amide bonds. The van der Waals surface area contributed by atoms with Gasteiger partial charge in [0.25, 0.3) is 0 Å². The number of carbonyl (C=O) groups is 3. The first-order valence-electron chi connectivity index (χ1n) is 28.2. The number of hydrogen-bond donors (Lipinski definition) is 0. The molecule has 0 aliphatic heterocycles. The first-order chi connectivity index (χ1) is 33.0. The maximum absolute atomic E-state index is 12.9. The van der Waals surface area contributed by atoms with Crippen LogP contribution in [-0.4, -0.2) is 37.2 Å². The van der Waals surface area contributed by atoms with Gasteiger partial charge in [-0.1, -0.05) is 266 Å². The molecule has 67 heavy (non-hydrogen) atoms. The predicted octanol–water partition coefficient (Wildman–Crippen LogP) is 18.8. The van der Waals surface area contributed by atoms with Crippen molar-refractivity contribution < 1.29 is 28.6 Å². The summed E-state index contributed by atoms with van der Waals surface area (Å²) in [6.45, 7) is 6.45. The van der Waals surface area contributed by atoms with E-state index >= 15 is 0 Å². The summed E-state index contributed by atoms with van der Waals surface area (Å²) in [5.74, 6) is -0.928. The Kier molecular flexibility index (Phi) is 52.4. The van der Waals surface area contributed by atoms with Crippen molar-refractivity contribution in [2.24, 2.45) is 0 Å². The zero-order valence-electron chi connectivity index (χ0n) is 43.9. The topological polar surface area (TPSA) is 78.9 Å². The van der Waals surface area contributed by atoms with E-state index in [1.807, 2.05) is 0 Å². The van der Waals surface area contributed by atoms with Crippen molar-refractivity contribution in [1.82, 2.24) is 0 Å². The highest BCUT2D eigenvalue weighted by atomic mass is 16.6. The molecule has 0 aliphatic rings. The molecule has 0 aliphatic carbocycles. The van der Waals surface area contributed by atoms with E-state index in [1.54, 1.807) is 0 Å². The predicted molar refractivity (Wildman–Crippen MR) is 288 cm³/mol. The second-order valence-corrected chi connectivity index (χ2v) is 18.6. The Morgan fingerprint density at radius 2 is 0.582 bits per heavy atom. The van der Waals surface area contributed by atoms with Crippen molar-refractivity contribution in [3.8, 4) is 0 Å². The van der Waals surface area contributed by atoms with Gasteiger partial charge in [-0.25, -0.2) is 0 Å². The van der Waals surface area contributed by atoms with E-state index in [0.717, 1.165) is 109 Å². The van der Waals surface area contributed by atoms with Crippen LogP contribution in [0.25, 0.3) is 0 Å². The minimum atomic E-state index is -0.794. The smallest absolute Gasteiger partial charge is 0.306 e. The molecule has 0 fully saturated rings. The third-order valence-corrected chi connectivity index (χ3v) is 12.0. The number of carbonyl (C=O) groups excluding carboxylic acids is 3. The highest BCUT2D eigenvalue weighted by Gasteiger charge is 2.19. The van der Waals surface area contributed by atoms with E-state index in [9.17, 15) is 14.4 Å². The lowest BCUT2D eigenvalue weighted by molar-refractivity contribution is -0.167. The summed E-state index contributed by atoms with van der Waals surface area (Å²) in [6, 6.07) is 0. The van der Waals surface area contributed by atoms with Gasteiger partial charge in [-0.2, -0.15) is 0 Å². The van der Waals surface area contributed by atoms with E-state index < -0.39 is 6.10 Å². The molecule has 0 aromatic heterocycles. The van der Waals surface area contributed by atoms with Crippen LogP contribution < -0.4 is 0 Å². The zero-order valence-corrected chi connectivity index (χ0v) is 43.9. The van der Waals surface area contributed by atoms with E-state index in [1.165, 1.54) is 116 Å². The molecule has 0 saturated carbocycles. The quantitative estimate of drug-likeness (QED) is 0.0262. The average molecular weight is 933 g/mol. The lowest BCUT2D eigenvalue weighted by Crippen LogP contribution is -2.30. The molecule has 1 unspecified atom stereocenters. The van der Waals surface area contributed by atoms with Crippen LogP contribution in [0.1, 0.15) is 265 Å². The lowest BCUT2D eigenvalue weighted by Gasteiger charge is -2.18. The fraction of sp³-hybridized carbons (Fsp3) is 0.721. The van der Waals surface area contributed by atoms with Gasteiger partial charge in [0, 0.05) is 19.3 Å². The first kappa shape index (κ1) is 63.6. The Labute approximate surface area is 414 Å². The van der Waals surface area contributed by atoms with Crippen molar-refractivity contribution in [2.45, 2.75) is 271 Å². The van der Waals surface area contributed by atoms with Gasteiger partial charge in [-0.15, -0.1) is 0 Å². The molecular formula is C61H104O6. The summed E-state index contributed by atoms with van der Waals surface area (Å²) in [5, 5.41) is 0. The van der Waals surface area contributed by atoms with Crippen LogP contribution in [0.5, 0.6) is 0 Å². The SMILES string of the molecule is CC/C=C/C=C/C=C/CCCCCCCC(=O)OCC(COC(=O)CCCCCCC/C=C/C=C/C=C/C=C/CCCCC)OC(=O)CCCCCCCCCCCCCCCCCCCC. The van der Waals surface area contributed by atoms with Crippen molar-refractivity contribution in [2.75, 3.05) is 13.2 Å². The maximum Gasteiger partial charge on any atom is 0.306 e. The molecule has 0 rings (SSSR count).